The predicted molar refractivity (Wildman–Crippen MR) is 152 cm³/mol. The monoisotopic (exact) mass is 608 g/mol. The zero-order chi connectivity index (χ0) is 27.1. The third kappa shape index (κ3) is 5.08. The lowest BCUT2D eigenvalue weighted by Crippen LogP contribution is -2.39. The second-order valence-corrected chi connectivity index (χ2v) is 11.6. The molecule has 0 saturated carbocycles. The van der Waals surface area contributed by atoms with Crippen LogP contribution in [0, 0.1) is 5.82 Å². The van der Waals surface area contributed by atoms with E-state index in [2.05, 4.69) is 33.4 Å². The summed E-state index contributed by atoms with van der Waals surface area (Å²) in [6.45, 7) is 2.46. The Morgan fingerprint density at radius 3 is 2.69 bits per heavy atom. The highest BCUT2D eigenvalue weighted by atomic mass is 79.9. The molecule has 0 spiro atoms. The van der Waals surface area contributed by atoms with E-state index >= 15 is 0 Å². The van der Waals surface area contributed by atoms with E-state index in [1.165, 1.54) is 23.9 Å². The minimum Gasteiger partial charge on any atom is -0.344 e. The molecule has 0 radical (unpaired) electrons. The summed E-state index contributed by atoms with van der Waals surface area (Å²) in [4.78, 5) is 27.6. The second-order valence-electron chi connectivity index (χ2n) is 10.0. The van der Waals surface area contributed by atoms with Gasteiger partial charge in [0.2, 0.25) is 0 Å². The summed E-state index contributed by atoms with van der Waals surface area (Å²) in [6.07, 6.45) is 6.80. The van der Waals surface area contributed by atoms with Crippen molar-refractivity contribution >= 4 is 38.8 Å². The maximum Gasteiger partial charge on any atom is 0.284 e. The third-order valence-corrected chi connectivity index (χ3v) is 9.03. The number of carbonyl (C=O) groups is 2. The van der Waals surface area contributed by atoms with E-state index in [0.29, 0.717) is 18.7 Å². The van der Waals surface area contributed by atoms with Gasteiger partial charge in [0.25, 0.3) is 11.1 Å². The normalized spacial score (nSPS) is 22.5. The summed E-state index contributed by atoms with van der Waals surface area (Å²) in [5, 5.41) is 8.59. The lowest BCUT2D eigenvalue weighted by molar-refractivity contribution is -0.128. The minimum absolute atomic E-state index is 0.0227. The number of rotatable bonds is 7. The van der Waals surface area contributed by atoms with Crippen LogP contribution in [0.15, 0.2) is 77.4 Å². The molecular weight excluding hydrogens is 583 g/mol. The number of amides is 2. The fourth-order valence-electron chi connectivity index (χ4n) is 5.08. The number of aromatic nitrogens is 2. The number of fused-ring (bicyclic) bond motifs is 1. The summed E-state index contributed by atoms with van der Waals surface area (Å²) in [7, 11) is 0. The van der Waals surface area contributed by atoms with Gasteiger partial charge in [0.15, 0.2) is 6.23 Å². The molecule has 1 N–H and O–H groups in total. The molecule has 2 atom stereocenters. The number of nitrogens with zero attached hydrogens (tertiary/aromatic N) is 3. The van der Waals surface area contributed by atoms with Crippen LogP contribution < -0.4 is 5.32 Å². The van der Waals surface area contributed by atoms with Gasteiger partial charge in [-0.2, -0.15) is 5.10 Å². The first-order valence-corrected chi connectivity index (χ1v) is 14.6. The number of alkyl halides is 1. The summed E-state index contributed by atoms with van der Waals surface area (Å²) in [5.74, 6) is -0.428. The van der Waals surface area contributed by atoms with Crippen molar-refractivity contribution in [2.24, 2.45) is 0 Å². The lowest BCUT2D eigenvalue weighted by atomic mass is 9.89. The molecule has 0 bridgehead atoms. The minimum atomic E-state index is -0.626. The van der Waals surface area contributed by atoms with Gasteiger partial charge in [0.05, 0.1) is 11.2 Å². The number of hydrogen-bond acceptors (Lipinski definition) is 5. The lowest BCUT2D eigenvalue weighted by Gasteiger charge is -2.28. The molecule has 3 aromatic rings. The number of ether oxygens (including phenoxy) is 1. The number of nitrogens with one attached hydrogen (secondary N) is 1. The highest BCUT2D eigenvalue weighted by Crippen LogP contribution is 2.42. The van der Waals surface area contributed by atoms with Gasteiger partial charge < -0.3 is 15.0 Å². The maximum absolute atomic E-state index is 13.7. The molecule has 7 nitrogen and oxygen atoms in total. The molecule has 1 aromatic heterocycles. The standard InChI is InChI=1S/C29H26BrFN4O3S/c1-29-12-10-18(14-24(29)39-28(37)32-29)11-13-34-25(36)17-38-27(34)23-16-35(22-8-2-19(15-30)3-9-22)33-26(23)20-4-6-21(31)7-5-20/h2-10,14,16,27H,11-13,15,17H2,1H3,(H,32,37). The van der Waals surface area contributed by atoms with E-state index in [-0.39, 0.29) is 29.1 Å². The summed E-state index contributed by atoms with van der Waals surface area (Å²) in [6, 6.07) is 14.2. The molecule has 200 valence electrons. The van der Waals surface area contributed by atoms with Crippen LogP contribution >= 0.6 is 27.7 Å². The second kappa shape index (κ2) is 10.4. The fraction of sp³-hybridized carbons (Fsp3) is 0.276. The molecule has 2 fully saturated rings. The zero-order valence-corrected chi connectivity index (χ0v) is 23.6. The fourth-order valence-corrected chi connectivity index (χ4v) is 6.49. The van der Waals surface area contributed by atoms with Crippen molar-refractivity contribution in [1.82, 2.24) is 20.0 Å². The van der Waals surface area contributed by atoms with Crippen molar-refractivity contribution in [1.29, 1.82) is 0 Å². The molecule has 39 heavy (non-hydrogen) atoms. The molecule has 3 aliphatic rings. The Balaban J connectivity index is 1.30. The zero-order valence-electron chi connectivity index (χ0n) is 21.2. The Morgan fingerprint density at radius 1 is 1.18 bits per heavy atom. The van der Waals surface area contributed by atoms with E-state index in [1.807, 2.05) is 37.4 Å². The van der Waals surface area contributed by atoms with Crippen molar-refractivity contribution in [3.8, 4) is 16.9 Å². The number of halogens is 2. The van der Waals surface area contributed by atoms with E-state index in [1.54, 1.807) is 21.7 Å². The van der Waals surface area contributed by atoms with Gasteiger partial charge in [-0.05, 0) is 85.1 Å². The van der Waals surface area contributed by atoms with Gasteiger partial charge in [-0.3, -0.25) is 9.59 Å². The average molecular weight is 610 g/mol. The SMILES string of the molecule is CC12CC=C(CCN3C(=O)COC3c3cn(-c4ccc(CBr)cc4)nc3-c3ccc(F)cc3)C=C1SC(=O)N2. The molecule has 2 unspecified atom stereocenters. The van der Waals surface area contributed by atoms with Crippen LogP contribution in [0.2, 0.25) is 0 Å². The average Bonchev–Trinajstić information content (AvgIpc) is 3.61. The molecule has 2 aromatic carbocycles. The number of allylic oxidation sites excluding steroid dienone is 1. The largest absolute Gasteiger partial charge is 0.344 e. The van der Waals surface area contributed by atoms with E-state index < -0.39 is 6.23 Å². The Bertz CT molecular complexity index is 1500. The quantitative estimate of drug-likeness (QED) is 0.321. The number of benzene rings is 2. The smallest absolute Gasteiger partial charge is 0.284 e. The highest BCUT2D eigenvalue weighted by molar-refractivity contribution is 9.08. The van der Waals surface area contributed by atoms with E-state index in [0.717, 1.165) is 44.6 Å². The number of thioether (sulfide) groups is 1. The summed E-state index contributed by atoms with van der Waals surface area (Å²) < 4.78 is 21.5. The molecule has 2 aliphatic heterocycles. The number of carbonyl (C=O) groups excluding carboxylic acids is 2. The molecule has 10 heteroatoms. The molecule has 1 aliphatic carbocycles. The number of hydrogen-bond donors (Lipinski definition) is 1. The van der Waals surface area contributed by atoms with Crippen LogP contribution in [0.5, 0.6) is 0 Å². The van der Waals surface area contributed by atoms with Crippen LogP contribution in [0.25, 0.3) is 16.9 Å². The predicted octanol–water partition coefficient (Wildman–Crippen LogP) is 6.25. The molecule has 2 amide bonds. The van der Waals surface area contributed by atoms with E-state index in [9.17, 15) is 14.0 Å². The first-order valence-electron chi connectivity index (χ1n) is 12.7. The van der Waals surface area contributed by atoms with Crippen LogP contribution in [0.1, 0.15) is 37.1 Å². The van der Waals surface area contributed by atoms with Gasteiger partial charge in [-0.15, -0.1) is 0 Å². The van der Waals surface area contributed by atoms with Crippen LogP contribution in [0.4, 0.5) is 9.18 Å². The van der Waals surface area contributed by atoms with Crippen LogP contribution in [0.3, 0.4) is 0 Å². The van der Waals surface area contributed by atoms with Crippen molar-refractivity contribution < 1.29 is 18.7 Å². The summed E-state index contributed by atoms with van der Waals surface area (Å²) >= 11 is 4.71. The van der Waals surface area contributed by atoms with Crippen molar-refractivity contribution in [2.75, 3.05) is 13.2 Å². The Labute approximate surface area is 238 Å². The first kappa shape index (κ1) is 26.0. The Kier molecular flexibility index (Phi) is 6.95. The molecule has 2 saturated heterocycles. The Morgan fingerprint density at radius 2 is 1.95 bits per heavy atom. The van der Waals surface area contributed by atoms with Crippen molar-refractivity contribution in [3.05, 3.63) is 94.3 Å². The topological polar surface area (TPSA) is 76.5 Å². The van der Waals surface area contributed by atoms with Crippen molar-refractivity contribution in [2.45, 2.75) is 36.9 Å². The molecular formula is C29H26BrFN4O3S. The van der Waals surface area contributed by atoms with Gasteiger partial charge in [0.1, 0.15) is 18.1 Å². The van der Waals surface area contributed by atoms with Gasteiger partial charge >= 0.3 is 0 Å². The summed E-state index contributed by atoms with van der Waals surface area (Å²) in [5.41, 5.74) is 4.86. The maximum atomic E-state index is 13.7. The van der Waals surface area contributed by atoms with Gasteiger partial charge in [-0.1, -0.05) is 34.1 Å². The highest BCUT2D eigenvalue weighted by Gasteiger charge is 2.40. The van der Waals surface area contributed by atoms with Crippen LogP contribution in [-0.4, -0.2) is 44.5 Å². The third-order valence-electron chi connectivity index (χ3n) is 7.30. The van der Waals surface area contributed by atoms with E-state index in [4.69, 9.17) is 9.84 Å². The van der Waals surface area contributed by atoms with Crippen molar-refractivity contribution in [3.63, 3.8) is 0 Å². The molecule has 3 heterocycles. The van der Waals surface area contributed by atoms with Gasteiger partial charge in [-0.25, -0.2) is 9.07 Å². The first-order chi connectivity index (χ1) is 18.8. The van der Waals surface area contributed by atoms with Gasteiger partial charge in [0, 0.05) is 34.1 Å². The molecule has 6 rings (SSSR count). The van der Waals surface area contributed by atoms with Crippen LogP contribution in [-0.2, 0) is 14.9 Å². The Hall–Kier alpha value is -3.21.